The first-order valence-electron chi connectivity index (χ1n) is 8.76. The minimum Gasteiger partial charge on any atom is -0.336 e. The highest BCUT2D eigenvalue weighted by molar-refractivity contribution is 9.10. The normalized spacial score (nSPS) is 14.9. The predicted octanol–water partition coefficient (Wildman–Crippen LogP) is 3.81. The molecule has 0 unspecified atom stereocenters. The van der Waals surface area contributed by atoms with Gasteiger partial charge in [0.1, 0.15) is 0 Å². The number of piperazine rings is 1. The highest BCUT2D eigenvalue weighted by Crippen LogP contribution is 2.21. The summed E-state index contributed by atoms with van der Waals surface area (Å²) in [4.78, 5) is 28.9. The first-order chi connectivity index (χ1) is 12.9. The second-order valence-corrected chi connectivity index (χ2v) is 7.88. The van der Waals surface area contributed by atoms with Crippen molar-refractivity contribution in [1.82, 2.24) is 9.80 Å². The van der Waals surface area contributed by atoms with Crippen molar-refractivity contribution in [3.05, 3.63) is 63.1 Å². The van der Waals surface area contributed by atoms with E-state index in [4.69, 9.17) is 11.6 Å². The fraction of sp³-hybridized carbons (Fsp3) is 0.300. The molecule has 1 saturated heterocycles. The van der Waals surface area contributed by atoms with Crippen LogP contribution in [0, 0.1) is 6.92 Å². The largest absolute Gasteiger partial charge is 0.336 e. The Bertz CT molecular complexity index is 851. The maximum atomic E-state index is 12.7. The fourth-order valence-electron chi connectivity index (χ4n) is 3.10. The standard InChI is InChI=1S/C20H21BrClN3O2/c1-14-12-15(21)6-7-16(14)20(27)25-10-8-24(9-11-25)13-19(26)23-18-5-3-2-4-17(18)22/h2-7,12H,8-11,13H2,1H3,(H,23,26). The molecule has 0 saturated carbocycles. The number of para-hydroxylation sites is 1. The van der Waals surface area contributed by atoms with E-state index in [0.29, 0.717) is 36.9 Å². The van der Waals surface area contributed by atoms with Crippen LogP contribution in [0.4, 0.5) is 5.69 Å². The third kappa shape index (κ3) is 5.09. The van der Waals surface area contributed by atoms with Crippen molar-refractivity contribution in [2.45, 2.75) is 6.92 Å². The second kappa shape index (κ2) is 8.87. The van der Waals surface area contributed by atoms with Crippen LogP contribution in [0.25, 0.3) is 0 Å². The van der Waals surface area contributed by atoms with Crippen molar-refractivity contribution < 1.29 is 9.59 Å². The van der Waals surface area contributed by atoms with Gasteiger partial charge in [-0.25, -0.2) is 0 Å². The average molecular weight is 451 g/mol. The summed E-state index contributed by atoms with van der Waals surface area (Å²) in [5, 5.41) is 3.35. The van der Waals surface area contributed by atoms with Crippen molar-refractivity contribution in [2.75, 3.05) is 38.0 Å². The molecule has 2 aromatic rings. The highest BCUT2D eigenvalue weighted by Gasteiger charge is 2.24. The van der Waals surface area contributed by atoms with E-state index in [2.05, 4.69) is 21.2 Å². The quantitative estimate of drug-likeness (QED) is 0.771. The van der Waals surface area contributed by atoms with Crippen molar-refractivity contribution >= 4 is 45.0 Å². The summed E-state index contributed by atoms with van der Waals surface area (Å²) in [6.07, 6.45) is 0. The number of hydrogen-bond donors (Lipinski definition) is 1. The number of hydrogen-bond acceptors (Lipinski definition) is 3. The van der Waals surface area contributed by atoms with E-state index in [1.54, 1.807) is 12.1 Å². The molecule has 7 heteroatoms. The molecule has 27 heavy (non-hydrogen) atoms. The lowest BCUT2D eigenvalue weighted by Gasteiger charge is -2.34. The maximum Gasteiger partial charge on any atom is 0.254 e. The molecule has 0 bridgehead atoms. The molecule has 0 radical (unpaired) electrons. The van der Waals surface area contributed by atoms with Crippen LogP contribution in [-0.2, 0) is 4.79 Å². The Morgan fingerprint density at radius 1 is 1.11 bits per heavy atom. The molecule has 0 atom stereocenters. The Balaban J connectivity index is 1.52. The Morgan fingerprint density at radius 2 is 1.81 bits per heavy atom. The zero-order valence-corrected chi connectivity index (χ0v) is 17.4. The zero-order valence-electron chi connectivity index (χ0n) is 15.0. The minimum atomic E-state index is -0.105. The number of benzene rings is 2. The van der Waals surface area contributed by atoms with Gasteiger partial charge >= 0.3 is 0 Å². The molecule has 2 aromatic carbocycles. The van der Waals surface area contributed by atoms with Crippen molar-refractivity contribution in [1.29, 1.82) is 0 Å². The number of rotatable bonds is 4. The summed E-state index contributed by atoms with van der Waals surface area (Å²) >= 11 is 9.49. The van der Waals surface area contributed by atoms with Gasteiger partial charge in [-0.2, -0.15) is 0 Å². The van der Waals surface area contributed by atoms with E-state index in [0.717, 1.165) is 15.6 Å². The number of aryl methyl sites for hydroxylation is 1. The number of carbonyl (C=O) groups excluding carboxylic acids is 2. The van der Waals surface area contributed by atoms with Crippen LogP contribution in [-0.4, -0.2) is 54.3 Å². The summed E-state index contributed by atoms with van der Waals surface area (Å²) in [6, 6.07) is 12.9. The van der Waals surface area contributed by atoms with Crippen LogP contribution in [0.5, 0.6) is 0 Å². The minimum absolute atomic E-state index is 0.0418. The van der Waals surface area contributed by atoms with Crippen molar-refractivity contribution in [3.8, 4) is 0 Å². The lowest BCUT2D eigenvalue weighted by atomic mass is 10.1. The smallest absolute Gasteiger partial charge is 0.254 e. The molecule has 1 aliphatic rings. The Hall–Kier alpha value is -1.89. The number of nitrogens with zero attached hydrogens (tertiary/aromatic N) is 2. The lowest BCUT2D eigenvalue weighted by molar-refractivity contribution is -0.117. The summed E-state index contributed by atoms with van der Waals surface area (Å²) in [5.41, 5.74) is 2.29. The molecular weight excluding hydrogens is 430 g/mol. The second-order valence-electron chi connectivity index (χ2n) is 6.56. The maximum absolute atomic E-state index is 12.7. The number of nitrogens with one attached hydrogen (secondary N) is 1. The topological polar surface area (TPSA) is 52.7 Å². The van der Waals surface area contributed by atoms with Gasteiger partial charge in [-0.05, 0) is 42.8 Å². The molecular formula is C20H21BrClN3O2. The molecule has 142 valence electrons. The molecule has 0 spiro atoms. The van der Waals surface area contributed by atoms with E-state index < -0.39 is 0 Å². The van der Waals surface area contributed by atoms with Crippen LogP contribution in [0.3, 0.4) is 0 Å². The molecule has 5 nitrogen and oxygen atoms in total. The number of anilines is 1. The summed E-state index contributed by atoms with van der Waals surface area (Å²) < 4.78 is 0.964. The number of halogens is 2. The Labute approximate surface area is 172 Å². The van der Waals surface area contributed by atoms with E-state index in [-0.39, 0.29) is 18.4 Å². The van der Waals surface area contributed by atoms with Gasteiger partial charge in [0.15, 0.2) is 0 Å². The van der Waals surface area contributed by atoms with Gasteiger partial charge in [0.25, 0.3) is 5.91 Å². The molecule has 0 aliphatic carbocycles. The third-order valence-electron chi connectivity index (χ3n) is 4.59. The van der Waals surface area contributed by atoms with Gasteiger partial charge in [0.2, 0.25) is 5.91 Å². The van der Waals surface area contributed by atoms with Crippen molar-refractivity contribution in [2.24, 2.45) is 0 Å². The molecule has 1 aliphatic heterocycles. The predicted molar refractivity (Wildman–Crippen MR) is 111 cm³/mol. The summed E-state index contributed by atoms with van der Waals surface area (Å²) in [7, 11) is 0. The van der Waals surface area contributed by atoms with Crippen molar-refractivity contribution in [3.63, 3.8) is 0 Å². The van der Waals surface area contributed by atoms with Gasteiger partial charge in [-0.1, -0.05) is 39.7 Å². The first-order valence-corrected chi connectivity index (χ1v) is 9.93. The Kier molecular flexibility index (Phi) is 6.52. The summed E-state index contributed by atoms with van der Waals surface area (Å²) in [6.45, 7) is 4.76. The monoisotopic (exact) mass is 449 g/mol. The van der Waals surface area contributed by atoms with Crippen LogP contribution < -0.4 is 5.32 Å². The molecule has 0 aromatic heterocycles. The molecule has 1 heterocycles. The van der Waals surface area contributed by atoms with Crippen LogP contribution in [0.1, 0.15) is 15.9 Å². The first kappa shape index (κ1) is 19.9. The van der Waals surface area contributed by atoms with Crippen LogP contribution in [0.2, 0.25) is 5.02 Å². The zero-order chi connectivity index (χ0) is 19.4. The number of amides is 2. The van der Waals surface area contributed by atoms with Gasteiger partial charge < -0.3 is 10.2 Å². The lowest BCUT2D eigenvalue weighted by Crippen LogP contribution is -2.50. The van der Waals surface area contributed by atoms with Gasteiger partial charge in [0.05, 0.1) is 17.3 Å². The highest BCUT2D eigenvalue weighted by atomic mass is 79.9. The third-order valence-corrected chi connectivity index (χ3v) is 5.42. The summed E-state index contributed by atoms with van der Waals surface area (Å²) in [5.74, 6) is -0.0631. The van der Waals surface area contributed by atoms with Gasteiger partial charge in [-0.15, -0.1) is 0 Å². The molecule has 1 fully saturated rings. The molecule has 2 amide bonds. The van der Waals surface area contributed by atoms with E-state index in [1.807, 2.05) is 47.1 Å². The van der Waals surface area contributed by atoms with E-state index in [9.17, 15) is 9.59 Å². The van der Waals surface area contributed by atoms with E-state index in [1.165, 1.54) is 0 Å². The fourth-order valence-corrected chi connectivity index (χ4v) is 3.76. The molecule has 1 N–H and O–H groups in total. The Morgan fingerprint density at radius 3 is 2.48 bits per heavy atom. The van der Waals surface area contributed by atoms with Gasteiger partial charge in [0, 0.05) is 36.2 Å². The van der Waals surface area contributed by atoms with Gasteiger partial charge in [-0.3, -0.25) is 14.5 Å². The molecule has 3 rings (SSSR count). The SMILES string of the molecule is Cc1cc(Br)ccc1C(=O)N1CCN(CC(=O)Nc2ccccc2Cl)CC1. The number of carbonyl (C=O) groups is 2. The van der Waals surface area contributed by atoms with Crippen LogP contribution in [0.15, 0.2) is 46.9 Å². The average Bonchev–Trinajstić information content (AvgIpc) is 2.64. The van der Waals surface area contributed by atoms with E-state index >= 15 is 0 Å². The van der Waals surface area contributed by atoms with Crippen LogP contribution >= 0.6 is 27.5 Å².